The van der Waals surface area contributed by atoms with Crippen molar-refractivity contribution in [1.29, 1.82) is 0 Å². The Hall–Kier alpha value is -2.11. The Kier molecular flexibility index (Phi) is 4.93. The summed E-state index contributed by atoms with van der Waals surface area (Å²) >= 11 is 0. The van der Waals surface area contributed by atoms with E-state index in [-0.39, 0.29) is 0 Å². The zero-order chi connectivity index (χ0) is 12.7. The number of hydrogen-bond acceptors (Lipinski definition) is 3. The SMILES string of the molecule is C[C@H](NC(=O)NCCc1ccccn1)C(=O)O. The van der Waals surface area contributed by atoms with Crippen molar-refractivity contribution in [2.24, 2.45) is 0 Å². The Bertz CT molecular complexity index is 381. The van der Waals surface area contributed by atoms with E-state index in [4.69, 9.17) is 5.11 Å². The van der Waals surface area contributed by atoms with Gasteiger partial charge in [-0.1, -0.05) is 6.07 Å². The maximum atomic E-state index is 11.2. The van der Waals surface area contributed by atoms with Crippen LogP contribution in [0.2, 0.25) is 0 Å². The normalized spacial score (nSPS) is 11.6. The summed E-state index contributed by atoms with van der Waals surface area (Å²) in [5.74, 6) is -1.06. The van der Waals surface area contributed by atoms with E-state index < -0.39 is 18.0 Å². The number of rotatable bonds is 5. The van der Waals surface area contributed by atoms with Gasteiger partial charge in [0.25, 0.3) is 0 Å². The van der Waals surface area contributed by atoms with Crippen molar-refractivity contribution >= 4 is 12.0 Å². The third-order valence-corrected chi connectivity index (χ3v) is 2.11. The Morgan fingerprint density at radius 2 is 2.24 bits per heavy atom. The fraction of sp³-hybridized carbons (Fsp3) is 0.364. The lowest BCUT2D eigenvalue weighted by atomic mass is 10.3. The highest BCUT2D eigenvalue weighted by molar-refractivity contribution is 5.82. The Balaban J connectivity index is 2.23. The van der Waals surface area contributed by atoms with Crippen molar-refractivity contribution in [2.45, 2.75) is 19.4 Å². The summed E-state index contributed by atoms with van der Waals surface area (Å²) in [6, 6.07) is 4.16. The van der Waals surface area contributed by atoms with Gasteiger partial charge in [-0.3, -0.25) is 9.78 Å². The van der Waals surface area contributed by atoms with Crippen LogP contribution in [0.4, 0.5) is 4.79 Å². The summed E-state index contributed by atoms with van der Waals surface area (Å²) in [7, 11) is 0. The van der Waals surface area contributed by atoms with E-state index in [1.54, 1.807) is 6.20 Å². The number of nitrogens with one attached hydrogen (secondary N) is 2. The minimum atomic E-state index is -1.06. The van der Waals surface area contributed by atoms with Crippen LogP contribution >= 0.6 is 0 Å². The molecular weight excluding hydrogens is 222 g/mol. The molecule has 0 spiro atoms. The molecule has 6 nitrogen and oxygen atoms in total. The lowest BCUT2D eigenvalue weighted by Crippen LogP contribution is -2.44. The lowest BCUT2D eigenvalue weighted by molar-refractivity contribution is -0.138. The van der Waals surface area contributed by atoms with Crippen LogP contribution in [0, 0.1) is 0 Å². The molecular formula is C11H15N3O3. The second kappa shape index (κ2) is 6.47. The van der Waals surface area contributed by atoms with Crippen molar-refractivity contribution < 1.29 is 14.7 Å². The number of carboxylic acid groups (broad SMARTS) is 1. The predicted molar refractivity (Wildman–Crippen MR) is 61.6 cm³/mol. The van der Waals surface area contributed by atoms with Gasteiger partial charge in [-0.25, -0.2) is 4.79 Å². The minimum Gasteiger partial charge on any atom is -0.480 e. The zero-order valence-corrected chi connectivity index (χ0v) is 9.51. The van der Waals surface area contributed by atoms with Gasteiger partial charge in [0.2, 0.25) is 0 Å². The highest BCUT2D eigenvalue weighted by atomic mass is 16.4. The highest BCUT2D eigenvalue weighted by Crippen LogP contribution is 1.92. The van der Waals surface area contributed by atoms with Crippen molar-refractivity contribution in [3.8, 4) is 0 Å². The minimum absolute atomic E-state index is 0.412. The lowest BCUT2D eigenvalue weighted by Gasteiger charge is -2.10. The summed E-state index contributed by atoms with van der Waals surface area (Å²) in [6.45, 7) is 1.82. The standard InChI is InChI=1S/C11H15N3O3/c1-8(10(15)16)14-11(17)13-7-5-9-4-2-3-6-12-9/h2-4,6,8H,5,7H2,1H3,(H,15,16)(H2,13,14,17)/t8-/m0/s1. The van der Waals surface area contributed by atoms with Gasteiger partial charge < -0.3 is 15.7 Å². The summed E-state index contributed by atoms with van der Waals surface area (Å²) in [5, 5.41) is 13.4. The van der Waals surface area contributed by atoms with Crippen LogP contribution in [-0.2, 0) is 11.2 Å². The first kappa shape index (κ1) is 13.0. The van der Waals surface area contributed by atoms with Gasteiger partial charge in [-0.15, -0.1) is 0 Å². The van der Waals surface area contributed by atoms with Crippen molar-refractivity contribution in [3.05, 3.63) is 30.1 Å². The van der Waals surface area contributed by atoms with Crippen LogP contribution in [-0.4, -0.2) is 34.7 Å². The van der Waals surface area contributed by atoms with Gasteiger partial charge in [0, 0.05) is 24.9 Å². The van der Waals surface area contributed by atoms with E-state index in [0.29, 0.717) is 13.0 Å². The molecule has 0 aromatic carbocycles. The number of amides is 2. The van der Waals surface area contributed by atoms with Crippen molar-refractivity contribution in [2.75, 3.05) is 6.54 Å². The molecule has 0 radical (unpaired) electrons. The highest BCUT2D eigenvalue weighted by Gasteiger charge is 2.12. The molecule has 0 saturated heterocycles. The molecule has 1 atom stereocenters. The second-order valence-corrected chi connectivity index (χ2v) is 3.53. The third-order valence-electron chi connectivity index (χ3n) is 2.11. The first-order valence-electron chi connectivity index (χ1n) is 5.26. The van der Waals surface area contributed by atoms with Crippen LogP contribution in [0.3, 0.4) is 0 Å². The van der Waals surface area contributed by atoms with Gasteiger partial charge in [0.1, 0.15) is 6.04 Å². The van der Waals surface area contributed by atoms with E-state index >= 15 is 0 Å². The fourth-order valence-corrected chi connectivity index (χ4v) is 1.16. The first-order chi connectivity index (χ1) is 8.09. The van der Waals surface area contributed by atoms with Crippen LogP contribution in [0.25, 0.3) is 0 Å². The van der Waals surface area contributed by atoms with Gasteiger partial charge in [-0.05, 0) is 19.1 Å². The number of pyridine rings is 1. The zero-order valence-electron chi connectivity index (χ0n) is 9.51. The fourth-order valence-electron chi connectivity index (χ4n) is 1.16. The number of carbonyl (C=O) groups excluding carboxylic acids is 1. The first-order valence-corrected chi connectivity index (χ1v) is 5.26. The molecule has 0 fully saturated rings. The van der Waals surface area contributed by atoms with E-state index in [0.717, 1.165) is 5.69 Å². The van der Waals surface area contributed by atoms with Crippen LogP contribution in [0.5, 0.6) is 0 Å². The molecule has 0 aliphatic carbocycles. The van der Waals surface area contributed by atoms with Crippen LogP contribution in [0.15, 0.2) is 24.4 Å². The Labute approximate surface area is 99.1 Å². The monoisotopic (exact) mass is 237 g/mol. The quantitative estimate of drug-likeness (QED) is 0.691. The smallest absolute Gasteiger partial charge is 0.325 e. The van der Waals surface area contributed by atoms with Crippen molar-refractivity contribution in [3.63, 3.8) is 0 Å². The molecule has 1 rings (SSSR count). The van der Waals surface area contributed by atoms with Gasteiger partial charge in [0.05, 0.1) is 0 Å². The molecule has 1 aromatic heterocycles. The van der Waals surface area contributed by atoms with E-state index in [2.05, 4.69) is 15.6 Å². The van der Waals surface area contributed by atoms with E-state index in [9.17, 15) is 9.59 Å². The number of carbonyl (C=O) groups is 2. The molecule has 0 aliphatic rings. The maximum Gasteiger partial charge on any atom is 0.325 e. The Morgan fingerprint density at radius 1 is 1.47 bits per heavy atom. The van der Waals surface area contributed by atoms with Gasteiger partial charge >= 0.3 is 12.0 Å². The molecule has 92 valence electrons. The average molecular weight is 237 g/mol. The van der Waals surface area contributed by atoms with Crippen molar-refractivity contribution in [1.82, 2.24) is 15.6 Å². The number of hydrogen-bond donors (Lipinski definition) is 3. The summed E-state index contributed by atoms with van der Waals surface area (Å²) in [6.07, 6.45) is 2.29. The number of aromatic nitrogens is 1. The molecule has 0 unspecified atom stereocenters. The van der Waals surface area contributed by atoms with Gasteiger partial charge in [-0.2, -0.15) is 0 Å². The predicted octanol–water partition coefficient (Wildman–Crippen LogP) is 0.396. The topological polar surface area (TPSA) is 91.3 Å². The summed E-state index contributed by atoms with van der Waals surface area (Å²) in [5.41, 5.74) is 0.874. The molecule has 0 bridgehead atoms. The van der Waals surface area contributed by atoms with E-state index in [1.807, 2.05) is 18.2 Å². The van der Waals surface area contributed by atoms with Crippen LogP contribution < -0.4 is 10.6 Å². The number of urea groups is 1. The maximum absolute atomic E-state index is 11.2. The molecule has 6 heteroatoms. The molecule has 1 heterocycles. The molecule has 3 N–H and O–H groups in total. The number of carboxylic acids is 1. The van der Waals surface area contributed by atoms with Crippen LogP contribution in [0.1, 0.15) is 12.6 Å². The molecule has 17 heavy (non-hydrogen) atoms. The Morgan fingerprint density at radius 3 is 2.82 bits per heavy atom. The summed E-state index contributed by atoms with van der Waals surface area (Å²) in [4.78, 5) is 25.8. The van der Waals surface area contributed by atoms with Gasteiger partial charge in [0.15, 0.2) is 0 Å². The largest absolute Gasteiger partial charge is 0.480 e. The third kappa shape index (κ3) is 4.96. The second-order valence-electron chi connectivity index (χ2n) is 3.53. The molecule has 0 aliphatic heterocycles. The number of aliphatic carboxylic acids is 1. The molecule has 1 aromatic rings. The molecule has 2 amide bonds. The summed E-state index contributed by atoms with van der Waals surface area (Å²) < 4.78 is 0. The average Bonchev–Trinajstić information content (AvgIpc) is 2.30. The molecule has 0 saturated carbocycles. The van der Waals surface area contributed by atoms with E-state index in [1.165, 1.54) is 6.92 Å². The number of nitrogens with zero attached hydrogens (tertiary/aromatic N) is 1.